The molecule has 20 heavy (non-hydrogen) atoms. The molecule has 1 aromatic rings. The summed E-state index contributed by atoms with van der Waals surface area (Å²) in [6.07, 6.45) is 1.12. The number of nitrogens with zero attached hydrogens (tertiary/aromatic N) is 1. The van der Waals surface area contributed by atoms with Gasteiger partial charge in [0.1, 0.15) is 12.4 Å². The van der Waals surface area contributed by atoms with Gasteiger partial charge in [0.2, 0.25) is 0 Å². The molecule has 2 rings (SSSR count). The molecule has 0 amide bonds. The molecular weight excluding hydrogens is 260 g/mol. The summed E-state index contributed by atoms with van der Waals surface area (Å²) in [6, 6.07) is 3.68. The van der Waals surface area contributed by atoms with E-state index in [4.69, 9.17) is 13.9 Å². The second kappa shape index (κ2) is 9.10. The predicted molar refractivity (Wildman–Crippen MR) is 74.5 cm³/mol. The van der Waals surface area contributed by atoms with E-state index in [0.29, 0.717) is 19.8 Å². The van der Waals surface area contributed by atoms with Crippen LogP contribution < -0.4 is 5.32 Å². The lowest BCUT2D eigenvalue weighted by Gasteiger charge is -2.26. The molecule has 114 valence electrons. The smallest absolute Gasteiger partial charge is 0.129 e. The molecule has 2 heterocycles. The van der Waals surface area contributed by atoms with Gasteiger partial charge in [-0.25, -0.2) is 0 Å². The summed E-state index contributed by atoms with van der Waals surface area (Å²) in [7, 11) is 0. The minimum absolute atomic E-state index is 0.311. The Hall–Kier alpha value is -0.920. The second-order valence-electron chi connectivity index (χ2n) is 4.91. The van der Waals surface area contributed by atoms with Crippen molar-refractivity contribution in [3.8, 4) is 0 Å². The molecule has 6 nitrogen and oxygen atoms in total. The van der Waals surface area contributed by atoms with Crippen LogP contribution in [0.4, 0.5) is 0 Å². The molecule has 1 fully saturated rings. The van der Waals surface area contributed by atoms with Crippen molar-refractivity contribution in [3.05, 3.63) is 24.2 Å². The number of nitrogens with one attached hydrogen (secondary N) is 1. The molecule has 0 saturated carbocycles. The van der Waals surface area contributed by atoms with Crippen molar-refractivity contribution in [2.75, 3.05) is 52.5 Å². The van der Waals surface area contributed by atoms with Crippen molar-refractivity contribution in [2.45, 2.75) is 12.7 Å². The summed E-state index contributed by atoms with van der Waals surface area (Å²) in [5.74, 6) is 0.775. The van der Waals surface area contributed by atoms with Gasteiger partial charge in [-0.2, -0.15) is 0 Å². The highest BCUT2D eigenvalue weighted by Gasteiger charge is 2.10. The zero-order chi connectivity index (χ0) is 14.0. The first-order valence-electron chi connectivity index (χ1n) is 7.13. The van der Waals surface area contributed by atoms with Gasteiger partial charge in [-0.3, -0.25) is 4.90 Å². The molecule has 1 saturated heterocycles. The van der Waals surface area contributed by atoms with Gasteiger partial charge < -0.3 is 24.3 Å². The van der Waals surface area contributed by atoms with Crippen molar-refractivity contribution in [1.82, 2.24) is 10.2 Å². The highest BCUT2D eigenvalue weighted by atomic mass is 16.5. The Balaban J connectivity index is 1.44. The number of aliphatic hydroxyl groups excluding tert-OH is 1. The van der Waals surface area contributed by atoms with Crippen LogP contribution in [0.25, 0.3) is 0 Å². The summed E-state index contributed by atoms with van der Waals surface area (Å²) < 4.78 is 15.8. The minimum atomic E-state index is -0.491. The third-order valence-electron chi connectivity index (χ3n) is 3.22. The van der Waals surface area contributed by atoms with Gasteiger partial charge in [-0.15, -0.1) is 0 Å². The Labute approximate surface area is 119 Å². The monoisotopic (exact) mass is 284 g/mol. The molecule has 6 heteroatoms. The average Bonchev–Trinajstić information content (AvgIpc) is 2.98. The lowest BCUT2D eigenvalue weighted by molar-refractivity contribution is 0.0207. The van der Waals surface area contributed by atoms with Gasteiger partial charge in [0.25, 0.3) is 0 Å². The van der Waals surface area contributed by atoms with E-state index in [-0.39, 0.29) is 0 Å². The molecule has 0 aromatic carbocycles. The number of hydrogen-bond acceptors (Lipinski definition) is 6. The fourth-order valence-electron chi connectivity index (χ4n) is 2.08. The van der Waals surface area contributed by atoms with Crippen molar-refractivity contribution in [3.63, 3.8) is 0 Å². The van der Waals surface area contributed by atoms with Crippen LogP contribution >= 0.6 is 0 Å². The highest BCUT2D eigenvalue weighted by Crippen LogP contribution is 2.01. The zero-order valence-electron chi connectivity index (χ0n) is 11.8. The molecule has 2 N–H and O–H groups in total. The number of hydrogen-bond donors (Lipinski definition) is 2. The molecule has 1 atom stereocenters. The summed E-state index contributed by atoms with van der Waals surface area (Å²) in [5.41, 5.74) is 0. The van der Waals surface area contributed by atoms with Gasteiger partial charge in [-0.1, -0.05) is 0 Å². The normalized spacial score (nSPS) is 18.2. The van der Waals surface area contributed by atoms with Crippen molar-refractivity contribution in [2.24, 2.45) is 0 Å². The van der Waals surface area contributed by atoms with Crippen LogP contribution in [-0.2, 0) is 16.1 Å². The van der Waals surface area contributed by atoms with E-state index in [0.717, 1.165) is 45.2 Å². The first-order chi connectivity index (χ1) is 9.84. The third-order valence-corrected chi connectivity index (χ3v) is 3.22. The maximum atomic E-state index is 9.76. The van der Waals surface area contributed by atoms with Gasteiger partial charge in [0, 0.05) is 32.7 Å². The Bertz CT molecular complexity index is 339. The average molecular weight is 284 g/mol. The van der Waals surface area contributed by atoms with E-state index in [1.165, 1.54) is 0 Å². The SMILES string of the molecule is OC(CNCCN1CCOCC1)COCc1ccco1. The molecule has 0 radical (unpaired) electrons. The molecule has 1 aliphatic rings. The fourth-order valence-corrected chi connectivity index (χ4v) is 2.08. The number of rotatable bonds is 9. The van der Waals surface area contributed by atoms with Crippen LogP contribution in [0.5, 0.6) is 0 Å². The van der Waals surface area contributed by atoms with Crippen molar-refractivity contribution in [1.29, 1.82) is 0 Å². The predicted octanol–water partition coefficient (Wildman–Crippen LogP) is 0.0789. The third kappa shape index (κ3) is 6.02. The first kappa shape index (κ1) is 15.5. The standard InChI is InChI=1S/C14H24N2O4/c17-13(11-19-12-14-2-1-7-20-14)10-15-3-4-16-5-8-18-9-6-16/h1-2,7,13,15,17H,3-6,8-12H2. The van der Waals surface area contributed by atoms with Crippen LogP contribution in [0.15, 0.2) is 22.8 Å². The molecule has 0 bridgehead atoms. The lowest BCUT2D eigenvalue weighted by atomic mass is 10.3. The molecule has 1 aliphatic heterocycles. The van der Waals surface area contributed by atoms with Crippen LogP contribution in [0.2, 0.25) is 0 Å². The second-order valence-corrected chi connectivity index (χ2v) is 4.91. The summed E-state index contributed by atoms with van der Waals surface area (Å²) in [4.78, 5) is 2.36. The maximum Gasteiger partial charge on any atom is 0.129 e. The molecule has 1 aromatic heterocycles. The van der Waals surface area contributed by atoms with Crippen LogP contribution in [0.1, 0.15) is 5.76 Å². The maximum absolute atomic E-state index is 9.76. The lowest BCUT2D eigenvalue weighted by Crippen LogP contribution is -2.41. The van der Waals surface area contributed by atoms with E-state index in [2.05, 4.69) is 10.2 Å². The highest BCUT2D eigenvalue weighted by molar-refractivity contribution is 4.96. The van der Waals surface area contributed by atoms with Crippen LogP contribution in [0.3, 0.4) is 0 Å². The molecule has 1 unspecified atom stereocenters. The Kier molecular flexibility index (Phi) is 7.04. The topological polar surface area (TPSA) is 67.1 Å². The molecule has 0 aliphatic carbocycles. The zero-order valence-corrected chi connectivity index (χ0v) is 11.8. The van der Waals surface area contributed by atoms with Crippen LogP contribution in [-0.4, -0.2) is 68.7 Å². The van der Waals surface area contributed by atoms with E-state index in [1.807, 2.05) is 12.1 Å². The van der Waals surface area contributed by atoms with E-state index in [9.17, 15) is 5.11 Å². The summed E-state index contributed by atoms with van der Waals surface area (Å²) >= 11 is 0. The van der Waals surface area contributed by atoms with Crippen molar-refractivity contribution < 1.29 is 19.0 Å². The minimum Gasteiger partial charge on any atom is -0.467 e. The Morgan fingerprint density at radius 2 is 2.25 bits per heavy atom. The first-order valence-corrected chi connectivity index (χ1v) is 7.13. The Morgan fingerprint density at radius 1 is 1.40 bits per heavy atom. The van der Waals surface area contributed by atoms with Gasteiger partial charge >= 0.3 is 0 Å². The van der Waals surface area contributed by atoms with E-state index >= 15 is 0 Å². The van der Waals surface area contributed by atoms with Crippen LogP contribution in [0, 0.1) is 0 Å². The van der Waals surface area contributed by atoms with Crippen molar-refractivity contribution >= 4 is 0 Å². The Morgan fingerprint density at radius 3 is 3.00 bits per heavy atom. The largest absolute Gasteiger partial charge is 0.467 e. The van der Waals surface area contributed by atoms with Gasteiger partial charge in [0.15, 0.2) is 0 Å². The molecule has 0 spiro atoms. The van der Waals surface area contributed by atoms with Gasteiger partial charge in [-0.05, 0) is 12.1 Å². The quantitative estimate of drug-likeness (QED) is 0.626. The van der Waals surface area contributed by atoms with E-state index in [1.54, 1.807) is 6.26 Å². The number of ether oxygens (including phenoxy) is 2. The fraction of sp³-hybridized carbons (Fsp3) is 0.714. The number of furan rings is 1. The number of morpholine rings is 1. The van der Waals surface area contributed by atoms with E-state index < -0.39 is 6.10 Å². The molecular formula is C14H24N2O4. The number of aliphatic hydroxyl groups is 1. The van der Waals surface area contributed by atoms with Gasteiger partial charge in [0.05, 0.1) is 32.2 Å². The summed E-state index contributed by atoms with van der Waals surface area (Å²) in [5, 5.41) is 13.0. The summed E-state index contributed by atoms with van der Waals surface area (Å²) in [6.45, 7) is 6.75.